The van der Waals surface area contributed by atoms with Gasteiger partial charge in [0.1, 0.15) is 0 Å². The van der Waals surface area contributed by atoms with Gasteiger partial charge in [0.25, 0.3) is 0 Å². The van der Waals surface area contributed by atoms with E-state index in [1.165, 1.54) is 0 Å². The molecule has 5 heteroatoms. The number of nitrogens with zero attached hydrogens (tertiary/aromatic N) is 1. The Morgan fingerprint density at radius 3 is 2.68 bits per heavy atom. The number of hydrogen-bond donors (Lipinski definition) is 1. The van der Waals surface area contributed by atoms with Crippen LogP contribution in [0, 0.1) is 13.8 Å². The van der Waals surface area contributed by atoms with Crippen LogP contribution in [0.2, 0.25) is 0 Å². The molecule has 0 aliphatic carbocycles. The molecule has 0 spiro atoms. The molecule has 132 valence electrons. The molecular formula is C20H24N2O3. The predicted molar refractivity (Wildman–Crippen MR) is 99.5 cm³/mol. The van der Waals surface area contributed by atoms with E-state index in [4.69, 9.17) is 9.47 Å². The van der Waals surface area contributed by atoms with Gasteiger partial charge in [0.2, 0.25) is 5.91 Å². The van der Waals surface area contributed by atoms with Crippen LogP contribution in [-0.4, -0.2) is 25.8 Å². The van der Waals surface area contributed by atoms with Gasteiger partial charge in [-0.25, -0.2) is 5.43 Å². The quantitative estimate of drug-likeness (QED) is 0.621. The Morgan fingerprint density at radius 1 is 1.16 bits per heavy atom. The molecule has 0 saturated heterocycles. The number of hydrazone groups is 1. The summed E-state index contributed by atoms with van der Waals surface area (Å²) in [6, 6.07) is 11.6. The number of aryl methyl sites for hydroxylation is 2. The highest BCUT2D eigenvalue weighted by Gasteiger charge is 2.06. The fourth-order valence-electron chi connectivity index (χ4n) is 2.42. The summed E-state index contributed by atoms with van der Waals surface area (Å²) in [4.78, 5) is 12.1. The summed E-state index contributed by atoms with van der Waals surface area (Å²) in [7, 11) is 1.59. The van der Waals surface area contributed by atoms with Gasteiger partial charge < -0.3 is 9.47 Å². The third-order valence-electron chi connectivity index (χ3n) is 3.75. The SMILES string of the molecule is CCOc1ccc(/C=N/NC(=O)Cc2cc(C)ccc2C)cc1OC. The lowest BCUT2D eigenvalue weighted by Gasteiger charge is -2.09. The first-order valence-electron chi connectivity index (χ1n) is 8.22. The van der Waals surface area contributed by atoms with Crippen molar-refractivity contribution in [2.24, 2.45) is 5.10 Å². The Balaban J connectivity index is 1.98. The van der Waals surface area contributed by atoms with Crippen LogP contribution in [0.25, 0.3) is 0 Å². The number of rotatable bonds is 7. The van der Waals surface area contributed by atoms with Crippen LogP contribution >= 0.6 is 0 Å². The van der Waals surface area contributed by atoms with E-state index in [0.29, 0.717) is 24.5 Å². The molecular weight excluding hydrogens is 316 g/mol. The first-order valence-corrected chi connectivity index (χ1v) is 8.22. The number of ether oxygens (including phenoxy) is 2. The average molecular weight is 340 g/mol. The van der Waals surface area contributed by atoms with Gasteiger partial charge in [-0.15, -0.1) is 0 Å². The number of methoxy groups -OCH3 is 1. The Labute approximate surface area is 148 Å². The van der Waals surface area contributed by atoms with Crippen molar-refractivity contribution in [2.45, 2.75) is 27.2 Å². The lowest BCUT2D eigenvalue weighted by atomic mass is 10.0. The van der Waals surface area contributed by atoms with Crippen LogP contribution in [0.5, 0.6) is 11.5 Å². The van der Waals surface area contributed by atoms with Gasteiger partial charge in [0.05, 0.1) is 26.4 Å². The Hall–Kier alpha value is -2.82. The molecule has 0 bridgehead atoms. The second kappa shape index (κ2) is 8.87. The van der Waals surface area contributed by atoms with E-state index in [-0.39, 0.29) is 5.91 Å². The van der Waals surface area contributed by atoms with Crippen LogP contribution in [-0.2, 0) is 11.2 Å². The molecule has 0 aromatic heterocycles. The third-order valence-corrected chi connectivity index (χ3v) is 3.75. The highest BCUT2D eigenvalue weighted by Crippen LogP contribution is 2.27. The predicted octanol–water partition coefficient (Wildman–Crippen LogP) is 3.40. The first-order chi connectivity index (χ1) is 12.0. The first kappa shape index (κ1) is 18.5. The maximum Gasteiger partial charge on any atom is 0.244 e. The van der Waals surface area contributed by atoms with Crippen molar-refractivity contribution in [1.29, 1.82) is 0 Å². The fourth-order valence-corrected chi connectivity index (χ4v) is 2.42. The van der Waals surface area contributed by atoms with Gasteiger partial charge >= 0.3 is 0 Å². The molecule has 1 N–H and O–H groups in total. The zero-order valence-corrected chi connectivity index (χ0v) is 15.1. The number of hydrogen-bond acceptors (Lipinski definition) is 4. The van der Waals surface area contributed by atoms with E-state index in [2.05, 4.69) is 10.5 Å². The second-order valence-electron chi connectivity index (χ2n) is 5.74. The Morgan fingerprint density at radius 2 is 1.96 bits per heavy atom. The maximum absolute atomic E-state index is 12.1. The van der Waals surface area contributed by atoms with E-state index in [1.54, 1.807) is 13.3 Å². The van der Waals surface area contributed by atoms with Gasteiger partial charge in [-0.2, -0.15) is 5.10 Å². The molecule has 25 heavy (non-hydrogen) atoms. The summed E-state index contributed by atoms with van der Waals surface area (Å²) >= 11 is 0. The van der Waals surface area contributed by atoms with E-state index in [9.17, 15) is 4.79 Å². The summed E-state index contributed by atoms with van der Waals surface area (Å²) in [6.45, 7) is 6.49. The van der Waals surface area contributed by atoms with Crippen LogP contribution < -0.4 is 14.9 Å². The largest absolute Gasteiger partial charge is 0.493 e. The summed E-state index contributed by atoms with van der Waals surface area (Å²) < 4.78 is 10.8. The monoisotopic (exact) mass is 340 g/mol. The third kappa shape index (κ3) is 5.35. The molecule has 2 aromatic rings. The molecule has 0 unspecified atom stereocenters. The molecule has 0 heterocycles. The fraction of sp³-hybridized carbons (Fsp3) is 0.300. The number of nitrogens with one attached hydrogen (secondary N) is 1. The van der Waals surface area contributed by atoms with Crippen molar-refractivity contribution in [3.63, 3.8) is 0 Å². The molecule has 0 radical (unpaired) electrons. The van der Waals surface area contributed by atoms with Gasteiger partial charge in [-0.3, -0.25) is 4.79 Å². The molecule has 0 atom stereocenters. The van der Waals surface area contributed by atoms with Crippen molar-refractivity contribution in [3.8, 4) is 11.5 Å². The zero-order valence-electron chi connectivity index (χ0n) is 15.1. The minimum atomic E-state index is -0.150. The molecule has 1 amide bonds. The van der Waals surface area contributed by atoms with Gasteiger partial charge in [-0.05, 0) is 55.7 Å². The van der Waals surface area contributed by atoms with E-state index >= 15 is 0 Å². The summed E-state index contributed by atoms with van der Waals surface area (Å²) in [5.41, 5.74) is 6.62. The van der Waals surface area contributed by atoms with E-state index < -0.39 is 0 Å². The molecule has 2 rings (SSSR count). The highest BCUT2D eigenvalue weighted by atomic mass is 16.5. The van der Waals surface area contributed by atoms with Crippen molar-refractivity contribution < 1.29 is 14.3 Å². The molecule has 2 aromatic carbocycles. The topological polar surface area (TPSA) is 59.9 Å². The lowest BCUT2D eigenvalue weighted by molar-refractivity contribution is -0.120. The minimum absolute atomic E-state index is 0.150. The summed E-state index contributed by atoms with van der Waals surface area (Å²) in [5.74, 6) is 1.16. The standard InChI is InChI=1S/C20H24N2O3/c1-5-25-18-9-8-16(11-19(18)24-4)13-21-22-20(23)12-17-10-14(2)6-7-15(17)3/h6-11,13H,5,12H2,1-4H3,(H,22,23)/b21-13+. The van der Waals surface area contributed by atoms with Gasteiger partial charge in [0, 0.05) is 0 Å². The molecule has 0 saturated carbocycles. The van der Waals surface area contributed by atoms with Crippen LogP contribution in [0.1, 0.15) is 29.2 Å². The number of carbonyl (C=O) groups is 1. The number of amides is 1. The van der Waals surface area contributed by atoms with Crippen molar-refractivity contribution in [1.82, 2.24) is 5.43 Å². The van der Waals surface area contributed by atoms with Crippen molar-refractivity contribution >= 4 is 12.1 Å². The number of carbonyl (C=O) groups excluding carboxylic acids is 1. The maximum atomic E-state index is 12.1. The van der Waals surface area contributed by atoms with Crippen LogP contribution in [0.3, 0.4) is 0 Å². The van der Waals surface area contributed by atoms with Crippen LogP contribution in [0.15, 0.2) is 41.5 Å². The smallest absolute Gasteiger partial charge is 0.244 e. The zero-order chi connectivity index (χ0) is 18.2. The average Bonchev–Trinajstić information content (AvgIpc) is 2.59. The Kier molecular flexibility index (Phi) is 6.57. The lowest BCUT2D eigenvalue weighted by Crippen LogP contribution is -2.20. The molecule has 0 aliphatic rings. The summed E-state index contributed by atoms with van der Waals surface area (Å²) in [6.07, 6.45) is 1.89. The highest BCUT2D eigenvalue weighted by molar-refractivity contribution is 5.84. The van der Waals surface area contributed by atoms with Gasteiger partial charge in [0.15, 0.2) is 11.5 Å². The molecule has 5 nitrogen and oxygen atoms in total. The normalized spacial score (nSPS) is 10.7. The molecule has 0 aliphatic heterocycles. The van der Waals surface area contributed by atoms with Crippen LogP contribution in [0.4, 0.5) is 0 Å². The number of benzene rings is 2. The summed E-state index contributed by atoms with van der Waals surface area (Å²) in [5, 5.41) is 4.02. The second-order valence-corrected chi connectivity index (χ2v) is 5.74. The van der Waals surface area contributed by atoms with Crippen molar-refractivity contribution in [2.75, 3.05) is 13.7 Å². The molecule has 0 fully saturated rings. The Bertz CT molecular complexity index is 770. The van der Waals surface area contributed by atoms with E-state index in [1.807, 2.05) is 57.2 Å². The minimum Gasteiger partial charge on any atom is -0.493 e. The van der Waals surface area contributed by atoms with Gasteiger partial charge in [-0.1, -0.05) is 23.8 Å². The van der Waals surface area contributed by atoms with E-state index in [0.717, 1.165) is 22.3 Å². The van der Waals surface area contributed by atoms with Crippen molar-refractivity contribution in [3.05, 3.63) is 58.7 Å².